The minimum absolute atomic E-state index is 0.0244. The zero-order chi connectivity index (χ0) is 14.6. The zero-order valence-corrected chi connectivity index (χ0v) is 12.3. The number of carbonyl (C=O) groups is 2. The fourth-order valence-electron chi connectivity index (χ4n) is 2.55. The number of amides is 2. The van der Waals surface area contributed by atoms with E-state index in [1.54, 1.807) is 0 Å². The van der Waals surface area contributed by atoms with E-state index in [0.29, 0.717) is 18.1 Å². The second kappa shape index (κ2) is 6.27. The van der Waals surface area contributed by atoms with Gasteiger partial charge in [-0.15, -0.1) is 0 Å². The van der Waals surface area contributed by atoms with Gasteiger partial charge in [0.15, 0.2) is 0 Å². The van der Waals surface area contributed by atoms with Crippen LogP contribution in [0.3, 0.4) is 0 Å². The molecule has 1 aromatic carbocycles. The average molecular weight is 295 g/mol. The molecule has 1 saturated carbocycles. The maximum Gasteiger partial charge on any atom is 0.230 e. The second-order valence-corrected chi connectivity index (χ2v) is 5.62. The molecule has 2 amide bonds. The van der Waals surface area contributed by atoms with Gasteiger partial charge >= 0.3 is 0 Å². The van der Waals surface area contributed by atoms with Crippen LogP contribution >= 0.6 is 11.6 Å². The third-order valence-corrected chi connectivity index (χ3v) is 4.04. The molecule has 20 heavy (non-hydrogen) atoms. The molecule has 0 heterocycles. The summed E-state index contributed by atoms with van der Waals surface area (Å²) in [5.74, 6) is -0.0659. The number of hydrogen-bond acceptors (Lipinski definition) is 2. The Balaban J connectivity index is 2.00. The summed E-state index contributed by atoms with van der Waals surface area (Å²) in [5, 5.41) is 6.22. The van der Waals surface area contributed by atoms with Crippen molar-refractivity contribution in [2.45, 2.75) is 31.6 Å². The Morgan fingerprint density at radius 3 is 2.50 bits per heavy atom. The van der Waals surface area contributed by atoms with Crippen LogP contribution in [0.1, 0.15) is 31.7 Å². The molecule has 0 atom stereocenters. The number of rotatable bonds is 5. The van der Waals surface area contributed by atoms with Gasteiger partial charge in [-0.1, -0.05) is 30.2 Å². The van der Waals surface area contributed by atoms with Crippen molar-refractivity contribution in [3.8, 4) is 0 Å². The molecule has 1 fully saturated rings. The van der Waals surface area contributed by atoms with Crippen molar-refractivity contribution in [1.29, 1.82) is 0 Å². The summed E-state index contributed by atoms with van der Waals surface area (Å²) in [6.07, 6.45) is 2.74. The van der Waals surface area contributed by atoms with Crippen molar-refractivity contribution in [3.63, 3.8) is 0 Å². The Morgan fingerprint density at radius 1 is 1.25 bits per heavy atom. The molecular formula is C15H19ClN2O2. The monoisotopic (exact) mass is 294 g/mol. The highest BCUT2D eigenvalue weighted by Crippen LogP contribution is 2.44. The lowest BCUT2D eigenvalue weighted by atomic mass is 9.64. The predicted octanol–water partition coefficient (Wildman–Crippen LogP) is 2.01. The first-order valence-electron chi connectivity index (χ1n) is 6.83. The van der Waals surface area contributed by atoms with Crippen LogP contribution < -0.4 is 10.6 Å². The molecule has 0 bridgehead atoms. The van der Waals surface area contributed by atoms with E-state index in [4.69, 9.17) is 11.6 Å². The number of nitrogens with one attached hydrogen (secondary N) is 2. The summed E-state index contributed by atoms with van der Waals surface area (Å²) in [6.45, 7) is 2.36. The smallest absolute Gasteiger partial charge is 0.230 e. The van der Waals surface area contributed by atoms with Crippen LogP contribution in [-0.4, -0.2) is 24.9 Å². The molecular weight excluding hydrogens is 276 g/mol. The van der Waals surface area contributed by atoms with Crippen molar-refractivity contribution < 1.29 is 9.59 Å². The van der Waals surface area contributed by atoms with E-state index in [1.165, 1.54) is 6.92 Å². The zero-order valence-electron chi connectivity index (χ0n) is 11.5. The lowest BCUT2D eigenvalue weighted by Crippen LogP contribution is -2.50. The average Bonchev–Trinajstić information content (AvgIpc) is 2.33. The van der Waals surface area contributed by atoms with E-state index in [1.807, 2.05) is 24.3 Å². The highest BCUT2D eigenvalue weighted by Gasteiger charge is 2.45. The van der Waals surface area contributed by atoms with Crippen LogP contribution in [0.5, 0.6) is 0 Å². The molecule has 5 heteroatoms. The molecule has 0 aromatic heterocycles. The van der Waals surface area contributed by atoms with E-state index in [2.05, 4.69) is 10.6 Å². The molecule has 0 radical (unpaired) electrons. The molecule has 1 aliphatic carbocycles. The van der Waals surface area contributed by atoms with Gasteiger partial charge in [-0.25, -0.2) is 0 Å². The van der Waals surface area contributed by atoms with Gasteiger partial charge in [0.25, 0.3) is 0 Å². The van der Waals surface area contributed by atoms with E-state index in [0.717, 1.165) is 24.8 Å². The quantitative estimate of drug-likeness (QED) is 0.816. The van der Waals surface area contributed by atoms with Gasteiger partial charge in [-0.05, 0) is 30.5 Å². The maximum absolute atomic E-state index is 12.4. The summed E-state index contributed by atoms with van der Waals surface area (Å²) < 4.78 is 0. The van der Waals surface area contributed by atoms with Gasteiger partial charge in [0, 0.05) is 25.0 Å². The van der Waals surface area contributed by atoms with E-state index in [9.17, 15) is 9.59 Å². The Labute approximate surface area is 123 Å². The highest BCUT2D eigenvalue weighted by molar-refractivity contribution is 6.30. The Morgan fingerprint density at radius 2 is 1.95 bits per heavy atom. The van der Waals surface area contributed by atoms with Crippen molar-refractivity contribution in [3.05, 3.63) is 34.9 Å². The Kier molecular flexibility index (Phi) is 4.65. The lowest BCUT2D eigenvalue weighted by molar-refractivity contribution is -0.130. The minimum atomic E-state index is -0.443. The van der Waals surface area contributed by atoms with Crippen LogP contribution in [0, 0.1) is 0 Å². The Bertz CT molecular complexity index is 512. The maximum atomic E-state index is 12.4. The summed E-state index contributed by atoms with van der Waals surface area (Å²) in [4.78, 5) is 23.2. The lowest BCUT2D eigenvalue weighted by Gasteiger charge is -2.40. The number of benzene rings is 1. The topological polar surface area (TPSA) is 58.2 Å². The van der Waals surface area contributed by atoms with Crippen LogP contribution in [0.15, 0.2) is 24.3 Å². The van der Waals surface area contributed by atoms with E-state index in [-0.39, 0.29) is 11.8 Å². The number of halogens is 1. The molecule has 108 valence electrons. The largest absolute Gasteiger partial charge is 0.355 e. The molecule has 0 saturated heterocycles. The summed E-state index contributed by atoms with van der Waals surface area (Å²) in [7, 11) is 0. The fraction of sp³-hybridized carbons (Fsp3) is 0.467. The van der Waals surface area contributed by atoms with Gasteiger partial charge in [-0.2, -0.15) is 0 Å². The SMILES string of the molecule is CC(=O)NCCNC(=O)C1(c2cccc(Cl)c2)CCC1. The summed E-state index contributed by atoms with van der Waals surface area (Å²) >= 11 is 6.02. The molecule has 0 unspecified atom stereocenters. The van der Waals surface area contributed by atoms with Gasteiger partial charge in [-0.3, -0.25) is 9.59 Å². The normalized spacial score (nSPS) is 16.1. The molecule has 1 aromatic rings. The van der Waals surface area contributed by atoms with Crippen LogP contribution in [0.25, 0.3) is 0 Å². The highest BCUT2D eigenvalue weighted by atomic mass is 35.5. The van der Waals surface area contributed by atoms with E-state index >= 15 is 0 Å². The first-order chi connectivity index (χ1) is 9.54. The summed E-state index contributed by atoms with van der Waals surface area (Å²) in [5.41, 5.74) is 0.537. The molecule has 0 aliphatic heterocycles. The third-order valence-electron chi connectivity index (χ3n) is 3.80. The summed E-state index contributed by atoms with van der Waals surface area (Å²) in [6, 6.07) is 7.51. The first kappa shape index (κ1) is 14.9. The second-order valence-electron chi connectivity index (χ2n) is 5.18. The molecule has 4 nitrogen and oxygen atoms in total. The van der Waals surface area contributed by atoms with Gasteiger partial charge in [0.1, 0.15) is 0 Å². The van der Waals surface area contributed by atoms with Crippen LogP contribution in [0.4, 0.5) is 0 Å². The Hall–Kier alpha value is -1.55. The standard InChI is InChI=1S/C15H19ClN2O2/c1-11(19)17-8-9-18-14(20)15(6-3-7-15)12-4-2-5-13(16)10-12/h2,4-5,10H,3,6-9H2,1H3,(H,17,19)(H,18,20). The van der Waals surface area contributed by atoms with Crippen molar-refractivity contribution in [1.82, 2.24) is 10.6 Å². The predicted molar refractivity (Wildman–Crippen MR) is 78.7 cm³/mol. The molecule has 0 spiro atoms. The minimum Gasteiger partial charge on any atom is -0.355 e. The third kappa shape index (κ3) is 3.12. The van der Waals surface area contributed by atoms with Crippen LogP contribution in [-0.2, 0) is 15.0 Å². The van der Waals surface area contributed by atoms with Crippen molar-refractivity contribution in [2.24, 2.45) is 0 Å². The van der Waals surface area contributed by atoms with Crippen molar-refractivity contribution >= 4 is 23.4 Å². The molecule has 1 aliphatic rings. The van der Waals surface area contributed by atoms with Gasteiger partial charge < -0.3 is 10.6 Å². The number of carbonyl (C=O) groups excluding carboxylic acids is 2. The fourth-order valence-corrected chi connectivity index (χ4v) is 2.74. The van der Waals surface area contributed by atoms with Crippen LogP contribution in [0.2, 0.25) is 5.02 Å². The molecule has 2 rings (SSSR count). The number of hydrogen-bond donors (Lipinski definition) is 2. The van der Waals surface area contributed by atoms with Gasteiger partial charge in [0.2, 0.25) is 11.8 Å². The van der Waals surface area contributed by atoms with Crippen molar-refractivity contribution in [2.75, 3.05) is 13.1 Å². The van der Waals surface area contributed by atoms with E-state index < -0.39 is 5.41 Å². The molecule has 2 N–H and O–H groups in total. The first-order valence-corrected chi connectivity index (χ1v) is 7.21. The van der Waals surface area contributed by atoms with Gasteiger partial charge in [0.05, 0.1) is 5.41 Å².